The molecule has 0 bridgehead atoms. The molecule has 1 N–H and O–H groups in total. The van der Waals surface area contributed by atoms with Crippen molar-refractivity contribution in [1.29, 1.82) is 0 Å². The lowest BCUT2D eigenvalue weighted by Gasteiger charge is -2.32. The van der Waals surface area contributed by atoms with Gasteiger partial charge in [-0.05, 0) is 58.8 Å². The van der Waals surface area contributed by atoms with Gasteiger partial charge >= 0.3 is 0 Å². The van der Waals surface area contributed by atoms with Crippen molar-refractivity contribution in [3.63, 3.8) is 0 Å². The van der Waals surface area contributed by atoms with E-state index in [0.29, 0.717) is 6.10 Å². The fourth-order valence-electron chi connectivity index (χ4n) is 2.32. The average Bonchev–Trinajstić information content (AvgIpc) is 2.30. The molecule has 1 unspecified atom stereocenters. The highest BCUT2D eigenvalue weighted by atomic mass is 16.5. The van der Waals surface area contributed by atoms with Gasteiger partial charge in [0.2, 0.25) is 0 Å². The minimum atomic E-state index is 0.488. The number of nitrogens with zero attached hydrogens (tertiary/aromatic N) is 1. The second kappa shape index (κ2) is 8.97. The van der Waals surface area contributed by atoms with Crippen molar-refractivity contribution in [2.24, 2.45) is 0 Å². The van der Waals surface area contributed by atoms with Crippen LogP contribution in [0.4, 0.5) is 0 Å². The lowest BCUT2D eigenvalue weighted by Crippen LogP contribution is -2.40. The predicted octanol–water partition coefficient (Wildman–Crippen LogP) is 1.88. The van der Waals surface area contributed by atoms with E-state index in [0.717, 1.165) is 26.2 Å². The number of piperidine rings is 1. The number of hydrogen-bond donors (Lipinski definition) is 1. The Morgan fingerprint density at radius 3 is 2.94 bits per heavy atom. The maximum atomic E-state index is 5.70. The Kier molecular flexibility index (Phi) is 7.81. The summed E-state index contributed by atoms with van der Waals surface area (Å²) in [4.78, 5) is 2.55. The lowest BCUT2D eigenvalue weighted by atomic mass is 10.1. The van der Waals surface area contributed by atoms with Crippen LogP contribution in [0.15, 0.2) is 0 Å². The zero-order chi connectivity index (χ0) is 11.6. The van der Waals surface area contributed by atoms with Crippen molar-refractivity contribution < 1.29 is 4.74 Å². The molecule has 0 aromatic carbocycles. The Morgan fingerprint density at radius 1 is 1.31 bits per heavy atom. The molecule has 3 heteroatoms. The van der Waals surface area contributed by atoms with Gasteiger partial charge in [-0.15, -0.1) is 0 Å². The number of likely N-dealkylation sites (tertiary alicyclic amines) is 1. The van der Waals surface area contributed by atoms with Gasteiger partial charge in [-0.2, -0.15) is 0 Å². The van der Waals surface area contributed by atoms with Gasteiger partial charge in [-0.25, -0.2) is 0 Å². The molecule has 1 atom stereocenters. The van der Waals surface area contributed by atoms with Crippen LogP contribution in [0, 0.1) is 0 Å². The fraction of sp³-hybridized carbons (Fsp3) is 1.00. The largest absolute Gasteiger partial charge is 0.377 e. The van der Waals surface area contributed by atoms with E-state index in [9.17, 15) is 0 Å². The van der Waals surface area contributed by atoms with Crippen molar-refractivity contribution in [3.8, 4) is 0 Å². The summed E-state index contributed by atoms with van der Waals surface area (Å²) in [5, 5.41) is 3.45. The van der Waals surface area contributed by atoms with E-state index in [1.54, 1.807) is 0 Å². The van der Waals surface area contributed by atoms with E-state index in [1.807, 2.05) is 0 Å². The molecule has 1 heterocycles. The van der Waals surface area contributed by atoms with Gasteiger partial charge in [0.25, 0.3) is 0 Å². The SMILES string of the molecule is CCCNCCCN1CCCC(OCC)C1. The van der Waals surface area contributed by atoms with Crippen LogP contribution in [0.3, 0.4) is 0 Å². The third-order valence-corrected chi connectivity index (χ3v) is 3.12. The first-order valence-corrected chi connectivity index (χ1v) is 6.91. The van der Waals surface area contributed by atoms with E-state index in [2.05, 4.69) is 24.1 Å². The van der Waals surface area contributed by atoms with E-state index in [4.69, 9.17) is 4.74 Å². The van der Waals surface area contributed by atoms with Crippen molar-refractivity contribution >= 4 is 0 Å². The van der Waals surface area contributed by atoms with Crippen LogP contribution < -0.4 is 5.32 Å². The van der Waals surface area contributed by atoms with Crippen LogP contribution in [0.1, 0.15) is 39.5 Å². The van der Waals surface area contributed by atoms with Crippen LogP contribution in [0.2, 0.25) is 0 Å². The quantitative estimate of drug-likeness (QED) is 0.642. The topological polar surface area (TPSA) is 24.5 Å². The molecule has 0 saturated carbocycles. The maximum Gasteiger partial charge on any atom is 0.0702 e. The van der Waals surface area contributed by atoms with Gasteiger partial charge in [0.15, 0.2) is 0 Å². The summed E-state index contributed by atoms with van der Waals surface area (Å²) in [5.41, 5.74) is 0. The van der Waals surface area contributed by atoms with Crippen LogP contribution in [-0.2, 0) is 4.74 Å². The van der Waals surface area contributed by atoms with Crippen molar-refractivity contribution in [2.75, 3.05) is 39.3 Å². The van der Waals surface area contributed by atoms with Gasteiger partial charge in [0.1, 0.15) is 0 Å². The van der Waals surface area contributed by atoms with Gasteiger partial charge in [0, 0.05) is 13.2 Å². The van der Waals surface area contributed by atoms with E-state index in [-0.39, 0.29) is 0 Å². The predicted molar refractivity (Wildman–Crippen MR) is 68.9 cm³/mol. The van der Waals surface area contributed by atoms with Crippen LogP contribution >= 0.6 is 0 Å². The lowest BCUT2D eigenvalue weighted by molar-refractivity contribution is 0.00578. The zero-order valence-electron chi connectivity index (χ0n) is 11.0. The highest BCUT2D eigenvalue weighted by molar-refractivity contribution is 4.73. The van der Waals surface area contributed by atoms with Crippen molar-refractivity contribution in [3.05, 3.63) is 0 Å². The molecule has 0 amide bonds. The summed E-state index contributed by atoms with van der Waals surface area (Å²) in [7, 11) is 0. The molecule has 1 fully saturated rings. The minimum absolute atomic E-state index is 0.488. The first kappa shape index (κ1) is 13.9. The molecule has 1 aliphatic heterocycles. The standard InChI is InChI=1S/C13H28N2O/c1-3-8-14-9-6-11-15-10-5-7-13(12-15)16-4-2/h13-14H,3-12H2,1-2H3. The van der Waals surface area contributed by atoms with Gasteiger partial charge < -0.3 is 15.0 Å². The summed E-state index contributed by atoms with van der Waals surface area (Å²) < 4.78 is 5.70. The summed E-state index contributed by atoms with van der Waals surface area (Å²) in [6.07, 6.45) is 5.53. The Hall–Kier alpha value is -0.120. The molecule has 16 heavy (non-hydrogen) atoms. The highest BCUT2D eigenvalue weighted by Gasteiger charge is 2.18. The number of rotatable bonds is 8. The molecule has 0 aliphatic carbocycles. The fourth-order valence-corrected chi connectivity index (χ4v) is 2.32. The third-order valence-electron chi connectivity index (χ3n) is 3.12. The highest BCUT2D eigenvalue weighted by Crippen LogP contribution is 2.13. The van der Waals surface area contributed by atoms with Crippen molar-refractivity contribution in [2.45, 2.75) is 45.6 Å². The smallest absolute Gasteiger partial charge is 0.0702 e. The van der Waals surface area contributed by atoms with Crippen LogP contribution in [0.25, 0.3) is 0 Å². The van der Waals surface area contributed by atoms with Crippen molar-refractivity contribution in [1.82, 2.24) is 10.2 Å². The molecule has 1 aliphatic rings. The number of ether oxygens (including phenoxy) is 1. The summed E-state index contributed by atoms with van der Waals surface area (Å²) in [6, 6.07) is 0. The summed E-state index contributed by atoms with van der Waals surface area (Å²) in [5.74, 6) is 0. The first-order valence-electron chi connectivity index (χ1n) is 6.91. The molecule has 96 valence electrons. The summed E-state index contributed by atoms with van der Waals surface area (Å²) >= 11 is 0. The molecule has 0 aromatic heterocycles. The monoisotopic (exact) mass is 228 g/mol. The zero-order valence-corrected chi connectivity index (χ0v) is 11.0. The molecule has 0 aromatic rings. The molecular formula is C13H28N2O. The van der Waals surface area contributed by atoms with Gasteiger partial charge in [0.05, 0.1) is 6.10 Å². The third kappa shape index (κ3) is 5.83. The number of nitrogens with one attached hydrogen (secondary N) is 1. The Labute approximate surface area is 101 Å². The number of hydrogen-bond acceptors (Lipinski definition) is 3. The molecule has 0 radical (unpaired) electrons. The van der Waals surface area contributed by atoms with E-state index in [1.165, 1.54) is 38.8 Å². The molecule has 3 nitrogen and oxygen atoms in total. The molecular weight excluding hydrogens is 200 g/mol. The maximum absolute atomic E-state index is 5.70. The van der Waals surface area contributed by atoms with E-state index >= 15 is 0 Å². The minimum Gasteiger partial charge on any atom is -0.377 e. The van der Waals surface area contributed by atoms with Gasteiger partial charge in [-0.1, -0.05) is 6.92 Å². The Morgan fingerprint density at radius 2 is 2.19 bits per heavy atom. The van der Waals surface area contributed by atoms with Gasteiger partial charge in [-0.3, -0.25) is 0 Å². The van der Waals surface area contributed by atoms with Crippen LogP contribution in [0.5, 0.6) is 0 Å². The second-order valence-corrected chi connectivity index (χ2v) is 4.62. The molecule has 1 saturated heterocycles. The molecule has 0 spiro atoms. The molecule has 1 rings (SSSR count). The average molecular weight is 228 g/mol. The summed E-state index contributed by atoms with van der Waals surface area (Å²) in [6.45, 7) is 11.1. The first-order chi connectivity index (χ1) is 7.86. The normalized spacial score (nSPS) is 22.5. The Bertz CT molecular complexity index is 162. The second-order valence-electron chi connectivity index (χ2n) is 4.62. The Balaban J connectivity index is 2.02. The van der Waals surface area contributed by atoms with E-state index < -0.39 is 0 Å². The van der Waals surface area contributed by atoms with Crippen LogP contribution in [-0.4, -0.2) is 50.3 Å².